The van der Waals surface area contributed by atoms with Gasteiger partial charge in [-0.25, -0.2) is 0 Å². The van der Waals surface area contributed by atoms with Gasteiger partial charge in [0.1, 0.15) is 6.54 Å². The Labute approximate surface area is 165 Å². The molecule has 0 saturated carbocycles. The highest BCUT2D eigenvalue weighted by Crippen LogP contribution is 2.28. The van der Waals surface area contributed by atoms with E-state index in [1.54, 1.807) is 6.92 Å². The van der Waals surface area contributed by atoms with E-state index in [0.717, 1.165) is 27.3 Å². The van der Waals surface area contributed by atoms with Gasteiger partial charge >= 0.3 is 6.18 Å². The Balaban J connectivity index is 1.67. The van der Waals surface area contributed by atoms with Gasteiger partial charge in [-0.05, 0) is 29.7 Å². The van der Waals surface area contributed by atoms with Crippen LogP contribution < -0.4 is 10.9 Å². The molecule has 0 bridgehead atoms. The van der Waals surface area contributed by atoms with Crippen LogP contribution in [0.15, 0.2) is 77.7 Å². The van der Waals surface area contributed by atoms with E-state index in [4.69, 9.17) is 0 Å². The summed E-state index contributed by atoms with van der Waals surface area (Å²) in [6.07, 6.45) is -3.93. The molecule has 0 aliphatic heterocycles. The monoisotopic (exact) mass is 400 g/mol. The first-order valence-corrected chi connectivity index (χ1v) is 8.96. The smallest absolute Gasteiger partial charge is 0.348 e. The van der Waals surface area contributed by atoms with Crippen molar-refractivity contribution < 1.29 is 18.0 Å². The first-order chi connectivity index (χ1) is 13.7. The van der Waals surface area contributed by atoms with Crippen molar-refractivity contribution in [2.75, 3.05) is 0 Å². The van der Waals surface area contributed by atoms with Gasteiger partial charge < -0.3 is 9.88 Å². The topological polar surface area (TPSA) is 51.1 Å². The largest absolute Gasteiger partial charge is 0.417 e. The summed E-state index contributed by atoms with van der Waals surface area (Å²) in [6, 6.07) is 18.6. The molecule has 1 N–H and O–H groups in total. The number of nitrogens with zero attached hydrogens (tertiary/aromatic N) is 1. The summed E-state index contributed by atoms with van der Waals surface area (Å²) in [5.41, 5.74) is 1.29. The first-order valence-electron chi connectivity index (χ1n) is 8.96. The van der Waals surface area contributed by atoms with E-state index in [9.17, 15) is 22.8 Å². The number of amides is 1. The van der Waals surface area contributed by atoms with Crippen molar-refractivity contribution in [1.82, 2.24) is 9.88 Å². The molecule has 0 radical (unpaired) electrons. The molecule has 150 valence electrons. The van der Waals surface area contributed by atoms with Crippen LogP contribution in [-0.4, -0.2) is 10.5 Å². The highest BCUT2D eigenvalue weighted by Gasteiger charge is 2.31. The summed E-state index contributed by atoms with van der Waals surface area (Å²) >= 11 is 0. The molecular weight excluding hydrogens is 381 g/mol. The maximum absolute atomic E-state index is 12.8. The van der Waals surface area contributed by atoms with Crippen LogP contribution >= 0.6 is 0 Å². The number of hydrogen-bond donors (Lipinski definition) is 1. The highest BCUT2D eigenvalue weighted by atomic mass is 19.4. The van der Waals surface area contributed by atoms with Crippen molar-refractivity contribution in [3.63, 3.8) is 0 Å². The summed E-state index contributed by atoms with van der Waals surface area (Å²) in [7, 11) is 0. The predicted molar refractivity (Wildman–Crippen MR) is 104 cm³/mol. The van der Waals surface area contributed by atoms with Crippen molar-refractivity contribution >= 4 is 5.91 Å². The normalized spacial score (nSPS) is 12.4. The van der Waals surface area contributed by atoms with Crippen LogP contribution in [0.3, 0.4) is 0 Å². The van der Waals surface area contributed by atoms with Crippen LogP contribution in [0.5, 0.6) is 0 Å². The van der Waals surface area contributed by atoms with E-state index in [2.05, 4.69) is 5.32 Å². The van der Waals surface area contributed by atoms with Crippen LogP contribution in [0.4, 0.5) is 13.2 Å². The van der Waals surface area contributed by atoms with Crippen molar-refractivity contribution in [1.29, 1.82) is 0 Å². The number of carbonyl (C=O) groups is 1. The third-order valence-electron chi connectivity index (χ3n) is 4.52. The average Bonchev–Trinajstić information content (AvgIpc) is 2.69. The van der Waals surface area contributed by atoms with Gasteiger partial charge in [0, 0.05) is 12.3 Å². The summed E-state index contributed by atoms with van der Waals surface area (Å²) in [6.45, 7) is 1.28. The Morgan fingerprint density at radius 1 is 0.966 bits per heavy atom. The quantitative estimate of drug-likeness (QED) is 0.690. The summed E-state index contributed by atoms with van der Waals surface area (Å²) in [5, 5.41) is 2.71. The van der Waals surface area contributed by atoms with E-state index in [1.807, 2.05) is 54.6 Å². The molecule has 1 unspecified atom stereocenters. The molecule has 3 rings (SSSR count). The zero-order chi connectivity index (χ0) is 21.0. The second kappa shape index (κ2) is 8.34. The molecule has 0 aliphatic carbocycles. The molecule has 1 aromatic heterocycles. The second-order valence-electron chi connectivity index (χ2n) is 6.66. The van der Waals surface area contributed by atoms with E-state index in [0.29, 0.717) is 12.3 Å². The van der Waals surface area contributed by atoms with Crippen LogP contribution in [0, 0.1) is 0 Å². The van der Waals surface area contributed by atoms with E-state index < -0.39 is 29.8 Å². The molecule has 2 aromatic carbocycles. The van der Waals surface area contributed by atoms with Gasteiger partial charge in [-0.3, -0.25) is 9.59 Å². The molecule has 1 amide bonds. The van der Waals surface area contributed by atoms with Crippen LogP contribution in [-0.2, 0) is 17.5 Å². The van der Waals surface area contributed by atoms with E-state index >= 15 is 0 Å². The minimum atomic E-state index is -4.58. The summed E-state index contributed by atoms with van der Waals surface area (Å²) in [4.78, 5) is 24.0. The number of rotatable bonds is 5. The lowest BCUT2D eigenvalue weighted by Gasteiger charge is -2.16. The number of aromatic nitrogens is 1. The van der Waals surface area contributed by atoms with E-state index in [-0.39, 0.29) is 6.04 Å². The fourth-order valence-electron chi connectivity index (χ4n) is 2.94. The van der Waals surface area contributed by atoms with Crippen molar-refractivity contribution in [3.05, 3.63) is 94.4 Å². The average molecular weight is 400 g/mol. The minimum Gasteiger partial charge on any atom is -0.348 e. The summed E-state index contributed by atoms with van der Waals surface area (Å²) < 4.78 is 39.2. The van der Waals surface area contributed by atoms with Crippen molar-refractivity contribution in [2.24, 2.45) is 0 Å². The highest BCUT2D eigenvalue weighted by molar-refractivity contribution is 5.76. The number of nitrogens with one attached hydrogen (secondary N) is 1. The Hall–Kier alpha value is -3.35. The lowest BCUT2D eigenvalue weighted by molar-refractivity contribution is -0.138. The molecular formula is C22H19F3N2O2. The number of halogens is 3. The van der Waals surface area contributed by atoms with E-state index in [1.165, 1.54) is 0 Å². The predicted octanol–water partition coefficient (Wildman–Crippen LogP) is 4.41. The number of benzene rings is 2. The molecule has 1 heterocycles. The number of alkyl halides is 3. The number of pyridine rings is 1. The van der Waals surface area contributed by atoms with Gasteiger partial charge in [-0.1, -0.05) is 54.6 Å². The van der Waals surface area contributed by atoms with Gasteiger partial charge in [-0.2, -0.15) is 13.2 Å². The third-order valence-corrected chi connectivity index (χ3v) is 4.52. The fourth-order valence-corrected chi connectivity index (χ4v) is 2.94. The molecule has 3 aromatic rings. The zero-order valence-electron chi connectivity index (χ0n) is 15.6. The van der Waals surface area contributed by atoms with Crippen LogP contribution in [0.25, 0.3) is 11.1 Å². The van der Waals surface area contributed by atoms with Crippen molar-refractivity contribution in [2.45, 2.75) is 25.7 Å². The Morgan fingerprint density at radius 3 is 2.21 bits per heavy atom. The molecule has 0 fully saturated rings. The number of hydrogen-bond acceptors (Lipinski definition) is 2. The SMILES string of the molecule is CC(NC(=O)Cn1cc(C(F)(F)F)ccc1=O)c1ccc(-c2ccccc2)cc1. The second-order valence-corrected chi connectivity index (χ2v) is 6.66. The van der Waals surface area contributed by atoms with Gasteiger partial charge in [0.15, 0.2) is 0 Å². The molecule has 4 nitrogen and oxygen atoms in total. The Kier molecular flexibility index (Phi) is 5.87. The molecule has 0 saturated heterocycles. The van der Waals surface area contributed by atoms with Gasteiger partial charge in [0.2, 0.25) is 5.91 Å². The maximum Gasteiger partial charge on any atom is 0.417 e. The number of carbonyl (C=O) groups excluding carboxylic acids is 1. The van der Waals surface area contributed by atoms with Gasteiger partial charge in [-0.15, -0.1) is 0 Å². The van der Waals surface area contributed by atoms with Crippen LogP contribution in [0.2, 0.25) is 0 Å². The maximum atomic E-state index is 12.8. The molecule has 0 aliphatic rings. The molecule has 7 heteroatoms. The molecule has 0 spiro atoms. The Morgan fingerprint density at radius 2 is 1.59 bits per heavy atom. The van der Waals surface area contributed by atoms with Crippen LogP contribution in [0.1, 0.15) is 24.1 Å². The lowest BCUT2D eigenvalue weighted by Crippen LogP contribution is -2.34. The third kappa shape index (κ3) is 5.13. The standard InChI is InChI=1S/C22H19F3N2O2/c1-15(16-7-9-18(10-8-16)17-5-3-2-4-6-17)26-20(28)14-27-13-19(22(23,24)25)11-12-21(27)29/h2-13,15H,14H2,1H3,(H,26,28). The molecule has 29 heavy (non-hydrogen) atoms. The van der Waals surface area contributed by atoms with Crippen molar-refractivity contribution in [3.8, 4) is 11.1 Å². The Bertz CT molecular complexity index is 1040. The van der Waals surface area contributed by atoms with Gasteiger partial charge in [0.25, 0.3) is 5.56 Å². The minimum absolute atomic E-state index is 0.367. The summed E-state index contributed by atoms with van der Waals surface area (Å²) in [5.74, 6) is -0.550. The fraction of sp³-hybridized carbons (Fsp3) is 0.182. The van der Waals surface area contributed by atoms with Gasteiger partial charge in [0.05, 0.1) is 11.6 Å². The lowest BCUT2D eigenvalue weighted by atomic mass is 10.0. The first kappa shape index (κ1) is 20.4. The molecule has 1 atom stereocenters. The zero-order valence-corrected chi connectivity index (χ0v) is 15.6.